The third kappa shape index (κ3) is 5.37. The van der Waals surface area contributed by atoms with E-state index in [1.54, 1.807) is 0 Å². The van der Waals surface area contributed by atoms with Gasteiger partial charge in [0.25, 0.3) is 0 Å². The van der Waals surface area contributed by atoms with E-state index in [-0.39, 0.29) is 11.9 Å². The summed E-state index contributed by atoms with van der Waals surface area (Å²) >= 11 is 6.12. The number of fused-ring (bicyclic) bond motifs is 1. The first-order chi connectivity index (χ1) is 15.9. The van der Waals surface area contributed by atoms with Gasteiger partial charge in [-0.2, -0.15) is 0 Å². The molecule has 5 nitrogen and oxygen atoms in total. The second kappa shape index (κ2) is 10.1. The number of benzene rings is 3. The van der Waals surface area contributed by atoms with Crippen LogP contribution in [0.15, 0.2) is 66.7 Å². The molecule has 0 saturated carbocycles. The fourth-order valence-electron chi connectivity index (χ4n) is 3.96. The molecule has 4 aromatic rings. The van der Waals surface area contributed by atoms with Crippen LogP contribution in [0.5, 0.6) is 5.75 Å². The Morgan fingerprint density at radius 1 is 1.06 bits per heavy atom. The van der Waals surface area contributed by atoms with E-state index in [0.717, 1.165) is 44.3 Å². The van der Waals surface area contributed by atoms with Crippen molar-refractivity contribution in [1.29, 1.82) is 0 Å². The van der Waals surface area contributed by atoms with E-state index in [2.05, 4.69) is 9.88 Å². The predicted molar refractivity (Wildman–Crippen MR) is 133 cm³/mol. The van der Waals surface area contributed by atoms with Crippen molar-refractivity contribution in [2.75, 3.05) is 6.61 Å². The minimum Gasteiger partial charge on any atom is -0.492 e. The number of para-hydroxylation sites is 2. The summed E-state index contributed by atoms with van der Waals surface area (Å²) in [6, 6.07) is 21.4. The monoisotopic (exact) mass is 461 g/mol. The Kier molecular flexibility index (Phi) is 6.99. The normalized spacial score (nSPS) is 12.0. The lowest BCUT2D eigenvalue weighted by atomic mass is 10.1. The van der Waals surface area contributed by atoms with Crippen molar-refractivity contribution in [3.63, 3.8) is 0 Å². The van der Waals surface area contributed by atoms with E-state index in [1.165, 1.54) is 0 Å². The Balaban J connectivity index is 1.49. The zero-order valence-corrected chi connectivity index (χ0v) is 19.9. The number of carbonyl (C=O) groups excluding carboxylic acids is 1. The number of hydrogen-bond acceptors (Lipinski definition) is 3. The summed E-state index contributed by atoms with van der Waals surface area (Å²) in [4.78, 5) is 17.6. The molecule has 0 aliphatic heterocycles. The number of amides is 1. The Morgan fingerprint density at radius 2 is 1.82 bits per heavy atom. The second-order valence-electron chi connectivity index (χ2n) is 8.26. The fraction of sp³-hybridized carbons (Fsp3) is 0.259. The third-order valence-corrected chi connectivity index (χ3v) is 6.20. The molecule has 0 saturated heterocycles. The lowest BCUT2D eigenvalue weighted by molar-refractivity contribution is -0.121. The standard InChI is InChI=1S/C27H28ClN3O2/c1-18-8-4-5-9-21(18)17-26(32)29-20(3)27-30-24-10-6-7-11-25(24)31(27)14-15-33-22-12-13-23(28)19(2)16-22/h4-13,16,20H,14-15,17H2,1-3H3,(H,29,32). The molecule has 1 aromatic heterocycles. The van der Waals surface area contributed by atoms with Crippen molar-refractivity contribution < 1.29 is 9.53 Å². The molecule has 0 bridgehead atoms. The van der Waals surface area contributed by atoms with Gasteiger partial charge in [-0.3, -0.25) is 4.79 Å². The van der Waals surface area contributed by atoms with Crippen LogP contribution in [0.4, 0.5) is 0 Å². The molecular formula is C27H28ClN3O2. The zero-order valence-electron chi connectivity index (χ0n) is 19.1. The van der Waals surface area contributed by atoms with Gasteiger partial charge in [0, 0.05) is 5.02 Å². The number of nitrogens with zero attached hydrogens (tertiary/aromatic N) is 2. The highest BCUT2D eigenvalue weighted by Crippen LogP contribution is 2.23. The first-order valence-electron chi connectivity index (χ1n) is 11.1. The largest absolute Gasteiger partial charge is 0.492 e. The first kappa shape index (κ1) is 22.9. The summed E-state index contributed by atoms with van der Waals surface area (Å²) < 4.78 is 8.10. The number of halogens is 1. The van der Waals surface area contributed by atoms with E-state index in [0.29, 0.717) is 19.6 Å². The Morgan fingerprint density at radius 3 is 2.61 bits per heavy atom. The van der Waals surface area contributed by atoms with E-state index >= 15 is 0 Å². The van der Waals surface area contributed by atoms with Crippen LogP contribution in [0.1, 0.15) is 35.5 Å². The zero-order chi connectivity index (χ0) is 23.4. The van der Waals surface area contributed by atoms with Crippen LogP contribution in [0.3, 0.4) is 0 Å². The number of ether oxygens (including phenoxy) is 1. The van der Waals surface area contributed by atoms with Crippen LogP contribution in [0.2, 0.25) is 5.02 Å². The molecule has 170 valence electrons. The third-order valence-electron chi connectivity index (χ3n) is 5.77. The minimum absolute atomic E-state index is 0.0247. The average Bonchev–Trinajstić information content (AvgIpc) is 3.17. The second-order valence-corrected chi connectivity index (χ2v) is 8.67. The van der Waals surface area contributed by atoms with Gasteiger partial charge in [0.05, 0.1) is 30.0 Å². The van der Waals surface area contributed by atoms with Crippen molar-refractivity contribution >= 4 is 28.5 Å². The van der Waals surface area contributed by atoms with Gasteiger partial charge in [0.1, 0.15) is 18.2 Å². The maximum Gasteiger partial charge on any atom is 0.225 e. The van der Waals surface area contributed by atoms with E-state index < -0.39 is 0 Å². The number of aromatic nitrogens is 2. The average molecular weight is 462 g/mol. The fourth-order valence-corrected chi connectivity index (χ4v) is 4.08. The van der Waals surface area contributed by atoms with Crippen LogP contribution in [-0.2, 0) is 17.8 Å². The molecule has 6 heteroatoms. The van der Waals surface area contributed by atoms with Gasteiger partial charge in [0.15, 0.2) is 0 Å². The first-order valence-corrected chi connectivity index (χ1v) is 11.5. The maximum atomic E-state index is 12.7. The van der Waals surface area contributed by atoms with Gasteiger partial charge in [-0.1, -0.05) is 48.0 Å². The highest BCUT2D eigenvalue weighted by Gasteiger charge is 2.19. The van der Waals surface area contributed by atoms with Crippen LogP contribution in [-0.4, -0.2) is 22.1 Å². The van der Waals surface area contributed by atoms with Crippen LogP contribution >= 0.6 is 11.6 Å². The molecule has 1 N–H and O–H groups in total. The van der Waals surface area contributed by atoms with Crippen LogP contribution in [0, 0.1) is 13.8 Å². The summed E-state index contributed by atoms with van der Waals surface area (Å²) in [7, 11) is 0. The summed E-state index contributed by atoms with van der Waals surface area (Å²) in [5.74, 6) is 1.57. The molecule has 1 unspecified atom stereocenters. The lowest BCUT2D eigenvalue weighted by Crippen LogP contribution is -2.30. The molecule has 0 aliphatic rings. The van der Waals surface area contributed by atoms with Crippen molar-refractivity contribution in [2.24, 2.45) is 0 Å². The number of nitrogens with one attached hydrogen (secondary N) is 1. The Hall–Kier alpha value is -3.31. The van der Waals surface area contributed by atoms with E-state index in [1.807, 2.05) is 87.5 Å². The molecule has 1 heterocycles. The summed E-state index contributed by atoms with van der Waals surface area (Å²) in [6.07, 6.45) is 0.344. The van der Waals surface area contributed by atoms with Gasteiger partial charge in [-0.15, -0.1) is 0 Å². The number of hydrogen-bond donors (Lipinski definition) is 1. The van der Waals surface area contributed by atoms with Crippen LogP contribution in [0.25, 0.3) is 11.0 Å². The van der Waals surface area contributed by atoms with Crippen LogP contribution < -0.4 is 10.1 Å². The minimum atomic E-state index is -0.244. The van der Waals surface area contributed by atoms with Gasteiger partial charge < -0.3 is 14.6 Å². The lowest BCUT2D eigenvalue weighted by Gasteiger charge is -2.17. The van der Waals surface area contributed by atoms with Crippen molar-refractivity contribution in [1.82, 2.24) is 14.9 Å². The summed E-state index contributed by atoms with van der Waals surface area (Å²) in [5, 5.41) is 3.84. The predicted octanol–water partition coefficient (Wildman–Crippen LogP) is 5.81. The smallest absolute Gasteiger partial charge is 0.225 e. The highest BCUT2D eigenvalue weighted by atomic mass is 35.5. The summed E-state index contributed by atoms with van der Waals surface area (Å²) in [6.45, 7) is 7.02. The Bertz CT molecular complexity index is 1280. The molecule has 1 atom stereocenters. The maximum absolute atomic E-state index is 12.7. The molecule has 33 heavy (non-hydrogen) atoms. The van der Waals surface area contributed by atoms with Crippen molar-refractivity contribution in [3.8, 4) is 5.75 Å². The topological polar surface area (TPSA) is 56.1 Å². The number of carbonyl (C=O) groups is 1. The SMILES string of the molecule is Cc1cc(OCCn2c(C(C)NC(=O)Cc3ccccc3C)nc3ccccc32)ccc1Cl. The molecule has 1 amide bonds. The molecule has 0 fully saturated rings. The Labute approximate surface area is 199 Å². The molecule has 0 spiro atoms. The van der Waals surface area contributed by atoms with E-state index in [9.17, 15) is 4.79 Å². The quantitative estimate of drug-likeness (QED) is 0.360. The number of rotatable bonds is 8. The highest BCUT2D eigenvalue weighted by molar-refractivity contribution is 6.31. The number of aryl methyl sites for hydroxylation is 2. The van der Waals surface area contributed by atoms with E-state index in [4.69, 9.17) is 21.3 Å². The number of imidazole rings is 1. The molecule has 3 aromatic carbocycles. The van der Waals surface area contributed by atoms with Gasteiger partial charge in [0.2, 0.25) is 5.91 Å². The van der Waals surface area contributed by atoms with Crippen molar-refractivity contribution in [3.05, 3.63) is 94.3 Å². The summed E-state index contributed by atoms with van der Waals surface area (Å²) in [5.41, 5.74) is 5.04. The van der Waals surface area contributed by atoms with Gasteiger partial charge in [-0.05, 0) is 67.8 Å². The van der Waals surface area contributed by atoms with Gasteiger partial charge in [-0.25, -0.2) is 4.98 Å². The molecule has 0 radical (unpaired) electrons. The van der Waals surface area contributed by atoms with Crippen molar-refractivity contribution in [2.45, 2.75) is 39.8 Å². The molecular weight excluding hydrogens is 434 g/mol. The molecule has 0 aliphatic carbocycles. The van der Waals surface area contributed by atoms with Gasteiger partial charge >= 0.3 is 0 Å². The molecule has 4 rings (SSSR count).